The third-order valence-corrected chi connectivity index (χ3v) is 15.1. The fourth-order valence-electron chi connectivity index (χ4n) is 9.75. The van der Waals surface area contributed by atoms with Gasteiger partial charge in [-0.15, -0.1) is 0 Å². The number of nitrogens with one attached hydrogen (secondary N) is 8. The Labute approximate surface area is 492 Å². The number of carboxylic acid groups (broad SMARTS) is 1. The predicted octanol–water partition coefficient (Wildman–Crippen LogP) is -3.10. The Balaban J connectivity index is 2.30. The minimum absolute atomic E-state index is 0.00440. The number of carboxylic acids is 1. The van der Waals surface area contributed by atoms with Crippen molar-refractivity contribution < 1.29 is 67.7 Å². The van der Waals surface area contributed by atoms with Crippen molar-refractivity contribution in [3.8, 4) is 0 Å². The molecule has 2 saturated heterocycles. The van der Waals surface area contributed by atoms with Crippen LogP contribution in [0.5, 0.6) is 0 Å². The van der Waals surface area contributed by atoms with E-state index >= 15 is 0 Å². The van der Waals surface area contributed by atoms with Crippen molar-refractivity contribution in [1.82, 2.24) is 52.3 Å². The molecule has 2 fully saturated rings. The number of hydrogen-bond acceptors (Lipinski definition) is 15. The second-order valence-electron chi connectivity index (χ2n) is 23.6. The summed E-state index contributed by atoms with van der Waals surface area (Å²) in [5, 5.41) is 41.2. The molecule has 0 aromatic rings. The quantitative estimate of drug-likeness (QED) is 0.0172. The monoisotopic (exact) mass is 1190 g/mol. The lowest BCUT2D eigenvalue weighted by Crippen LogP contribution is -2.62. The molecule has 0 bridgehead atoms. The molecule has 0 aromatic carbocycles. The first-order valence-corrected chi connectivity index (χ1v) is 29.2. The fraction of sp³-hybridized carbons (Fsp3) is 0.764. The predicted molar refractivity (Wildman–Crippen MR) is 310 cm³/mol. The van der Waals surface area contributed by atoms with E-state index in [2.05, 4.69) is 47.5 Å². The van der Waals surface area contributed by atoms with E-state index in [-0.39, 0.29) is 57.7 Å². The van der Waals surface area contributed by atoms with Crippen LogP contribution < -0.4 is 65.5 Å². The van der Waals surface area contributed by atoms with Gasteiger partial charge in [0.15, 0.2) is 5.96 Å². The van der Waals surface area contributed by atoms with E-state index in [0.717, 1.165) is 0 Å². The van der Waals surface area contributed by atoms with Crippen LogP contribution >= 0.6 is 0 Å². The number of hydrogen-bond donors (Lipinski definition) is 14. The minimum atomic E-state index is -1.60. The second kappa shape index (κ2) is 34.6. The van der Waals surface area contributed by atoms with E-state index in [1.54, 1.807) is 83.1 Å². The summed E-state index contributed by atoms with van der Waals surface area (Å²) < 4.78 is 0. The van der Waals surface area contributed by atoms with E-state index in [0.29, 0.717) is 25.7 Å². The van der Waals surface area contributed by atoms with Gasteiger partial charge in [0.2, 0.25) is 65.0 Å². The Kier molecular flexibility index (Phi) is 30.0. The van der Waals surface area contributed by atoms with Crippen molar-refractivity contribution in [2.75, 3.05) is 26.2 Å². The summed E-state index contributed by atoms with van der Waals surface area (Å²) in [6.07, 6.45) is 1.14. The number of amides is 11. The van der Waals surface area contributed by atoms with E-state index in [9.17, 15) is 67.7 Å². The Hall–Kier alpha value is -7.17. The zero-order valence-corrected chi connectivity index (χ0v) is 51.0. The topological polar surface area (TPSA) is 464 Å². The van der Waals surface area contributed by atoms with Gasteiger partial charge in [-0.3, -0.25) is 57.7 Å². The van der Waals surface area contributed by atoms with Crippen LogP contribution in [0.1, 0.15) is 141 Å². The molecule has 2 heterocycles. The molecule has 18 N–H and O–H groups in total. The molecule has 0 spiro atoms. The van der Waals surface area contributed by atoms with Crippen LogP contribution in [0.2, 0.25) is 0 Å². The van der Waals surface area contributed by atoms with Crippen molar-refractivity contribution in [1.29, 1.82) is 0 Å². The number of carbonyl (C=O) groups is 12. The van der Waals surface area contributed by atoms with Crippen molar-refractivity contribution in [3.63, 3.8) is 0 Å². The maximum atomic E-state index is 14.5. The summed E-state index contributed by atoms with van der Waals surface area (Å²) in [6, 6.07) is -13.7. The summed E-state index contributed by atoms with van der Waals surface area (Å²) in [4.78, 5) is 169. The third-order valence-electron chi connectivity index (χ3n) is 15.1. The van der Waals surface area contributed by atoms with Gasteiger partial charge in [0.05, 0.1) is 12.6 Å². The van der Waals surface area contributed by atoms with Gasteiger partial charge in [0.25, 0.3) is 0 Å². The van der Waals surface area contributed by atoms with Gasteiger partial charge in [-0.25, -0.2) is 4.79 Å². The van der Waals surface area contributed by atoms with Gasteiger partial charge in [0.1, 0.15) is 60.4 Å². The number of aliphatic carboxylic acids is 1. The molecular formula is C55H97N15O14. The molecule has 0 unspecified atom stereocenters. The van der Waals surface area contributed by atoms with Gasteiger partial charge >= 0.3 is 5.97 Å². The maximum absolute atomic E-state index is 14.5. The highest BCUT2D eigenvalue weighted by Crippen LogP contribution is 2.23. The van der Waals surface area contributed by atoms with Gasteiger partial charge in [-0.05, 0) is 80.5 Å². The summed E-state index contributed by atoms with van der Waals surface area (Å²) in [7, 11) is 0. The normalized spacial score (nSPS) is 18.7. The highest BCUT2D eigenvalue weighted by Gasteiger charge is 2.44. The molecule has 2 aliphatic heterocycles. The lowest BCUT2D eigenvalue weighted by molar-refractivity contribution is -0.145. The molecule has 2 aliphatic rings. The van der Waals surface area contributed by atoms with Gasteiger partial charge in [-0.1, -0.05) is 89.5 Å². The van der Waals surface area contributed by atoms with E-state index < -0.39 is 180 Å². The number of aliphatic imine (C=N–C) groups is 1. The van der Waals surface area contributed by atoms with E-state index in [1.165, 1.54) is 9.80 Å². The molecule has 0 saturated carbocycles. The van der Waals surface area contributed by atoms with Crippen LogP contribution in [0, 0.1) is 35.5 Å². The molecule has 2 rings (SSSR count). The highest BCUT2D eigenvalue weighted by atomic mass is 16.4. The molecule has 11 amide bonds. The molecule has 476 valence electrons. The Morgan fingerprint density at radius 2 is 0.893 bits per heavy atom. The van der Waals surface area contributed by atoms with Crippen LogP contribution in [-0.4, -0.2) is 190 Å². The molecule has 29 heteroatoms. The first-order valence-electron chi connectivity index (χ1n) is 29.2. The number of nitrogens with zero attached hydrogens (tertiary/aromatic N) is 3. The van der Waals surface area contributed by atoms with Crippen molar-refractivity contribution in [3.05, 3.63) is 0 Å². The molecule has 0 aliphatic carbocycles. The molecule has 0 aromatic heterocycles. The van der Waals surface area contributed by atoms with Gasteiger partial charge < -0.3 is 85.5 Å². The smallest absolute Gasteiger partial charge is 0.326 e. The summed E-state index contributed by atoms with van der Waals surface area (Å²) in [5.74, 6) is -12.7. The average Bonchev–Trinajstić information content (AvgIpc) is 4.28. The molecule has 29 nitrogen and oxygen atoms in total. The van der Waals surface area contributed by atoms with E-state index in [4.69, 9.17) is 22.9 Å². The number of likely N-dealkylation sites (tertiary alicyclic amines) is 2. The van der Waals surface area contributed by atoms with Crippen molar-refractivity contribution in [2.24, 2.45) is 63.4 Å². The van der Waals surface area contributed by atoms with Crippen LogP contribution in [0.4, 0.5) is 0 Å². The SMILES string of the molecule is CC[C@H](C)[C@H](NC(=O)[C@@H](NC(=O)[C@@H](NC(=O)[C@@H](N)CCCN=C(N)N)C(C)C)C(C)C)C(=O)N[C@@H](CCC(N)=O)C(=O)N1CCC[C@H]1C(=O)N[C@@H](CO)C(=O)N1CCC[C@H]1C(=O)N[C@H](C(=O)N[C@H](C(=O)N[C@H](C(=O)O)C(C)C)C(C)C)C(C)C. The number of carbonyl (C=O) groups excluding carboxylic acids is 11. The summed E-state index contributed by atoms with van der Waals surface area (Å²) in [5.41, 5.74) is 22.3. The number of guanidine groups is 1. The van der Waals surface area contributed by atoms with Gasteiger partial charge in [-0.2, -0.15) is 0 Å². The first kappa shape index (κ1) is 72.9. The average molecular weight is 1190 g/mol. The highest BCUT2D eigenvalue weighted by molar-refractivity contribution is 5.99. The largest absolute Gasteiger partial charge is 0.480 e. The maximum Gasteiger partial charge on any atom is 0.326 e. The third kappa shape index (κ3) is 21.8. The molecule has 12 atom stereocenters. The second-order valence-corrected chi connectivity index (χ2v) is 23.6. The number of aliphatic hydroxyl groups excluding tert-OH is 1. The number of rotatable bonds is 34. The van der Waals surface area contributed by atoms with Crippen LogP contribution in [0.15, 0.2) is 4.99 Å². The lowest BCUT2D eigenvalue weighted by atomic mass is 9.95. The Bertz CT molecular complexity index is 2350. The number of primary amides is 1. The summed E-state index contributed by atoms with van der Waals surface area (Å²) in [6.45, 7) is 19.4. The first-order chi connectivity index (χ1) is 39.2. The van der Waals surface area contributed by atoms with Crippen molar-refractivity contribution in [2.45, 2.75) is 207 Å². The molecular weight excluding hydrogens is 1090 g/mol. The van der Waals surface area contributed by atoms with Gasteiger partial charge in [0, 0.05) is 26.1 Å². The van der Waals surface area contributed by atoms with Crippen molar-refractivity contribution >= 4 is 76.9 Å². The zero-order chi connectivity index (χ0) is 64.0. The van der Waals surface area contributed by atoms with Crippen LogP contribution in [0.3, 0.4) is 0 Å². The Morgan fingerprint density at radius 3 is 1.29 bits per heavy atom. The standard InChI is InChI=1S/C55H97N15O14/c1-13-31(12)43(68-50(79)41(29(8)9)66-47(76)38(26(2)3)63-44(73)32(56)17-14-22-60-55(58)59)51(80)61-33(20-21-37(57)72)52(81)69-23-15-18-35(69)45(74)62-34(25-71)53(82)70-24-16-19-36(70)46(75)64-39(27(4)5)48(77)65-40(28(6)7)49(78)67-42(30(10)11)54(83)84/h26-36,38-43,71H,13-25,56H2,1-12H3,(H2,57,72)(H,61,80)(H,62,74)(H,63,73)(H,64,75)(H,65,77)(H,66,76)(H,67,78)(H,68,79)(H,83,84)(H4,58,59,60)/t31-,32-,33-,34-,35-,36-,38-,39-,40-,41-,42-,43-/m0/s1. The number of nitrogens with two attached hydrogens (primary N) is 4. The summed E-state index contributed by atoms with van der Waals surface area (Å²) >= 11 is 0. The minimum Gasteiger partial charge on any atom is -0.480 e. The lowest BCUT2D eigenvalue weighted by Gasteiger charge is -2.33. The van der Waals surface area contributed by atoms with Crippen LogP contribution in [-0.2, 0) is 57.5 Å². The zero-order valence-electron chi connectivity index (χ0n) is 51.0. The molecule has 84 heavy (non-hydrogen) atoms. The van der Waals surface area contributed by atoms with Crippen LogP contribution in [0.25, 0.3) is 0 Å². The Morgan fingerprint density at radius 1 is 0.512 bits per heavy atom. The fourth-order valence-corrected chi connectivity index (χ4v) is 9.75. The molecule has 0 radical (unpaired) electrons. The number of aliphatic hydroxyl groups is 1. The van der Waals surface area contributed by atoms with E-state index in [1.807, 2.05) is 0 Å².